The number of rotatable bonds is 2. The molecule has 0 spiro atoms. The van der Waals surface area contributed by atoms with Gasteiger partial charge in [-0.2, -0.15) is 0 Å². The van der Waals surface area contributed by atoms with Gasteiger partial charge in [0.25, 0.3) is 5.91 Å². The summed E-state index contributed by atoms with van der Waals surface area (Å²) in [6.45, 7) is 1.76. The van der Waals surface area contributed by atoms with E-state index in [9.17, 15) is 9.59 Å². The lowest BCUT2D eigenvalue weighted by Crippen LogP contribution is -2.45. The number of amides is 2. The summed E-state index contributed by atoms with van der Waals surface area (Å²) >= 11 is 0. The summed E-state index contributed by atoms with van der Waals surface area (Å²) in [7, 11) is 1.72. The molecule has 0 aromatic heterocycles. The van der Waals surface area contributed by atoms with Gasteiger partial charge in [-0.25, -0.2) is 0 Å². The van der Waals surface area contributed by atoms with Crippen LogP contribution in [0, 0.1) is 0 Å². The largest absolute Gasteiger partial charge is 0.341 e. The fourth-order valence-corrected chi connectivity index (χ4v) is 1.93. The van der Waals surface area contributed by atoms with E-state index in [1.54, 1.807) is 24.9 Å². The number of fused-ring (bicyclic) bond motifs is 1. The summed E-state index contributed by atoms with van der Waals surface area (Å²) in [6, 6.07) is 7.06. The van der Waals surface area contributed by atoms with E-state index >= 15 is 0 Å². The van der Waals surface area contributed by atoms with Gasteiger partial charge < -0.3 is 10.2 Å². The fourth-order valence-electron chi connectivity index (χ4n) is 1.93. The standard InChI is InChI=1S/C14H16N2O2/c1-3-13(17)15-11-9-8-10-6-4-5-7-12(10)16(2)14(11)18/h4-9,11H,3H2,1-2H3,(H,15,17)/t11-/m1/s1. The van der Waals surface area contributed by atoms with Crippen LogP contribution in [0.25, 0.3) is 6.08 Å². The molecule has 1 heterocycles. The quantitative estimate of drug-likeness (QED) is 0.858. The average molecular weight is 244 g/mol. The molecule has 0 aliphatic carbocycles. The topological polar surface area (TPSA) is 49.4 Å². The molecule has 1 atom stereocenters. The van der Waals surface area contributed by atoms with Crippen molar-refractivity contribution in [3.63, 3.8) is 0 Å². The number of carbonyl (C=O) groups excluding carboxylic acids is 2. The molecule has 2 rings (SSSR count). The number of nitrogens with one attached hydrogen (secondary N) is 1. The summed E-state index contributed by atoms with van der Waals surface area (Å²) in [4.78, 5) is 25.2. The number of benzene rings is 1. The number of nitrogens with zero attached hydrogens (tertiary/aromatic N) is 1. The number of anilines is 1. The van der Waals surface area contributed by atoms with E-state index in [4.69, 9.17) is 0 Å². The molecule has 18 heavy (non-hydrogen) atoms. The van der Waals surface area contributed by atoms with E-state index < -0.39 is 6.04 Å². The molecule has 4 nitrogen and oxygen atoms in total. The van der Waals surface area contributed by atoms with Gasteiger partial charge in [0.1, 0.15) is 6.04 Å². The highest BCUT2D eigenvalue weighted by molar-refractivity contribution is 6.03. The molecule has 0 radical (unpaired) electrons. The van der Waals surface area contributed by atoms with Gasteiger partial charge in [0.2, 0.25) is 5.91 Å². The molecule has 1 N–H and O–H groups in total. The Bertz CT molecular complexity index is 508. The molecule has 0 saturated carbocycles. The van der Waals surface area contributed by atoms with Crippen LogP contribution in [0.1, 0.15) is 18.9 Å². The second-order valence-electron chi connectivity index (χ2n) is 4.21. The number of hydrogen-bond acceptors (Lipinski definition) is 2. The van der Waals surface area contributed by atoms with E-state index in [1.807, 2.05) is 30.3 Å². The SMILES string of the molecule is CCC(=O)N[C@@H]1C=Cc2ccccc2N(C)C1=O. The van der Waals surface area contributed by atoms with Gasteiger partial charge >= 0.3 is 0 Å². The number of hydrogen-bond donors (Lipinski definition) is 1. The Labute approximate surface area is 106 Å². The summed E-state index contributed by atoms with van der Waals surface area (Å²) in [5.41, 5.74) is 1.83. The molecule has 4 heteroatoms. The third-order valence-electron chi connectivity index (χ3n) is 3.00. The third kappa shape index (κ3) is 2.27. The predicted molar refractivity (Wildman–Crippen MR) is 71.1 cm³/mol. The van der Waals surface area contributed by atoms with Crippen molar-refractivity contribution in [1.82, 2.24) is 5.32 Å². The number of likely N-dealkylation sites (N-methyl/N-ethyl adjacent to an activating group) is 1. The minimum atomic E-state index is -0.588. The van der Waals surface area contributed by atoms with Gasteiger partial charge in [-0.3, -0.25) is 9.59 Å². The smallest absolute Gasteiger partial charge is 0.253 e. The van der Waals surface area contributed by atoms with Crippen LogP contribution in [-0.4, -0.2) is 24.9 Å². The van der Waals surface area contributed by atoms with Crippen molar-refractivity contribution in [2.45, 2.75) is 19.4 Å². The predicted octanol–water partition coefficient (Wildman–Crippen LogP) is 1.57. The summed E-state index contributed by atoms with van der Waals surface area (Å²) in [5.74, 6) is -0.254. The summed E-state index contributed by atoms with van der Waals surface area (Å²) in [5, 5.41) is 2.71. The highest BCUT2D eigenvalue weighted by Gasteiger charge is 2.25. The van der Waals surface area contributed by atoms with Crippen molar-refractivity contribution in [3.05, 3.63) is 35.9 Å². The Kier molecular flexibility index (Phi) is 3.46. The summed E-state index contributed by atoms with van der Waals surface area (Å²) < 4.78 is 0. The average Bonchev–Trinajstić information content (AvgIpc) is 2.51. The van der Waals surface area contributed by atoms with Crippen LogP contribution < -0.4 is 10.2 Å². The van der Waals surface area contributed by atoms with Crippen LogP contribution >= 0.6 is 0 Å². The molecule has 0 saturated heterocycles. The van der Waals surface area contributed by atoms with Crippen LogP contribution in [-0.2, 0) is 9.59 Å². The first-order valence-corrected chi connectivity index (χ1v) is 5.97. The van der Waals surface area contributed by atoms with Crippen molar-refractivity contribution in [2.24, 2.45) is 0 Å². The normalized spacial score (nSPS) is 18.2. The number of para-hydroxylation sites is 1. The van der Waals surface area contributed by atoms with E-state index in [2.05, 4.69) is 5.32 Å². The second kappa shape index (κ2) is 5.04. The molecule has 1 aliphatic rings. The van der Waals surface area contributed by atoms with Crippen LogP contribution in [0.3, 0.4) is 0 Å². The van der Waals surface area contributed by atoms with Crippen LogP contribution in [0.2, 0.25) is 0 Å². The molecular formula is C14H16N2O2. The van der Waals surface area contributed by atoms with Crippen LogP contribution in [0.4, 0.5) is 5.69 Å². The Morgan fingerprint density at radius 1 is 1.39 bits per heavy atom. The van der Waals surface area contributed by atoms with Gasteiger partial charge in [-0.05, 0) is 11.6 Å². The maximum atomic E-state index is 12.2. The van der Waals surface area contributed by atoms with Crippen LogP contribution in [0.15, 0.2) is 30.3 Å². The first-order chi connectivity index (χ1) is 8.63. The maximum absolute atomic E-state index is 12.2. The lowest BCUT2D eigenvalue weighted by Gasteiger charge is -2.21. The molecule has 2 amide bonds. The first kappa shape index (κ1) is 12.4. The van der Waals surface area contributed by atoms with E-state index in [0.717, 1.165) is 11.3 Å². The monoisotopic (exact) mass is 244 g/mol. The zero-order chi connectivity index (χ0) is 13.1. The molecule has 1 aromatic carbocycles. The zero-order valence-corrected chi connectivity index (χ0v) is 10.5. The maximum Gasteiger partial charge on any atom is 0.253 e. The molecule has 1 aromatic rings. The third-order valence-corrected chi connectivity index (χ3v) is 3.00. The van der Waals surface area contributed by atoms with Gasteiger partial charge in [0.05, 0.1) is 5.69 Å². The minimum Gasteiger partial charge on any atom is -0.341 e. The highest BCUT2D eigenvalue weighted by Crippen LogP contribution is 2.24. The van der Waals surface area contributed by atoms with E-state index in [0.29, 0.717) is 6.42 Å². The van der Waals surface area contributed by atoms with Crippen molar-refractivity contribution >= 4 is 23.6 Å². The molecular weight excluding hydrogens is 228 g/mol. The van der Waals surface area contributed by atoms with Crippen molar-refractivity contribution in [2.75, 3.05) is 11.9 Å². The summed E-state index contributed by atoms with van der Waals surface area (Å²) in [6.07, 6.45) is 3.98. The van der Waals surface area contributed by atoms with Gasteiger partial charge in [-0.1, -0.05) is 37.3 Å². The molecule has 94 valence electrons. The Balaban J connectivity index is 2.31. The number of carbonyl (C=O) groups is 2. The lowest BCUT2D eigenvalue weighted by atomic mass is 10.1. The lowest BCUT2D eigenvalue weighted by molar-refractivity contribution is -0.126. The van der Waals surface area contributed by atoms with Crippen molar-refractivity contribution in [1.29, 1.82) is 0 Å². The fraction of sp³-hybridized carbons (Fsp3) is 0.286. The van der Waals surface area contributed by atoms with Gasteiger partial charge in [0, 0.05) is 13.5 Å². The zero-order valence-electron chi connectivity index (χ0n) is 10.5. The van der Waals surface area contributed by atoms with Crippen LogP contribution in [0.5, 0.6) is 0 Å². The second-order valence-corrected chi connectivity index (χ2v) is 4.21. The highest BCUT2D eigenvalue weighted by atomic mass is 16.2. The minimum absolute atomic E-state index is 0.127. The molecule has 1 aliphatic heterocycles. The van der Waals surface area contributed by atoms with Crippen molar-refractivity contribution in [3.8, 4) is 0 Å². The van der Waals surface area contributed by atoms with E-state index in [1.165, 1.54) is 0 Å². The first-order valence-electron chi connectivity index (χ1n) is 5.97. The molecule has 0 bridgehead atoms. The molecule has 0 unspecified atom stereocenters. The molecule has 0 fully saturated rings. The van der Waals surface area contributed by atoms with Gasteiger partial charge in [-0.15, -0.1) is 0 Å². The van der Waals surface area contributed by atoms with E-state index in [-0.39, 0.29) is 11.8 Å². The Morgan fingerprint density at radius 2 is 2.11 bits per heavy atom. The van der Waals surface area contributed by atoms with Gasteiger partial charge in [0.15, 0.2) is 0 Å². The Hall–Kier alpha value is -2.10. The Morgan fingerprint density at radius 3 is 2.83 bits per heavy atom. The van der Waals surface area contributed by atoms with Crippen molar-refractivity contribution < 1.29 is 9.59 Å².